The second-order valence-corrected chi connectivity index (χ2v) is 7.14. The van der Waals surface area contributed by atoms with Crippen molar-refractivity contribution in [2.75, 3.05) is 6.54 Å². The molecule has 19 heavy (non-hydrogen) atoms. The Balaban J connectivity index is 2.64. The van der Waals surface area contributed by atoms with E-state index in [2.05, 4.69) is 32.6 Å². The number of ether oxygens (including phenoxy) is 1. The van der Waals surface area contributed by atoms with Gasteiger partial charge in [0, 0.05) is 24.0 Å². The summed E-state index contributed by atoms with van der Waals surface area (Å²) in [7, 11) is 0. The van der Waals surface area contributed by atoms with Crippen LogP contribution in [0.25, 0.3) is 0 Å². The lowest BCUT2D eigenvalue weighted by molar-refractivity contribution is -0.152. The van der Waals surface area contributed by atoms with Crippen LogP contribution in [0, 0.1) is 0 Å². The second kappa shape index (κ2) is 6.25. The molecule has 1 aliphatic heterocycles. The van der Waals surface area contributed by atoms with Crippen LogP contribution in [0.1, 0.15) is 73.6 Å². The molecule has 1 saturated heterocycles. The molecule has 0 aromatic carbocycles. The number of hydrogen-bond donors (Lipinski definition) is 0. The predicted molar refractivity (Wildman–Crippen MR) is 79.2 cm³/mol. The minimum atomic E-state index is -0.0670. The van der Waals surface area contributed by atoms with Crippen LogP contribution in [0.5, 0.6) is 0 Å². The van der Waals surface area contributed by atoms with Crippen molar-refractivity contribution in [3.63, 3.8) is 0 Å². The molecule has 112 valence electrons. The van der Waals surface area contributed by atoms with E-state index < -0.39 is 0 Å². The fraction of sp³-hybridized carbons (Fsp3) is 0.938. The highest BCUT2D eigenvalue weighted by Gasteiger charge is 2.41. The van der Waals surface area contributed by atoms with Crippen LogP contribution in [0.15, 0.2) is 0 Å². The number of rotatable bonds is 5. The van der Waals surface area contributed by atoms with Crippen molar-refractivity contribution in [2.24, 2.45) is 0 Å². The van der Waals surface area contributed by atoms with Gasteiger partial charge in [-0.05, 0) is 60.3 Å². The van der Waals surface area contributed by atoms with E-state index in [1.165, 1.54) is 19.3 Å². The molecule has 0 amide bonds. The Labute approximate surface area is 118 Å². The first-order chi connectivity index (χ1) is 8.69. The van der Waals surface area contributed by atoms with Crippen LogP contribution >= 0.6 is 0 Å². The molecule has 1 aliphatic rings. The topological polar surface area (TPSA) is 29.5 Å². The summed E-state index contributed by atoms with van der Waals surface area (Å²) >= 11 is 0. The van der Waals surface area contributed by atoms with Crippen LogP contribution in [-0.2, 0) is 9.53 Å². The minimum absolute atomic E-state index is 0.0318. The minimum Gasteiger partial charge on any atom is -0.461 e. The number of nitrogens with zero attached hydrogens (tertiary/aromatic N) is 1. The molecule has 0 saturated carbocycles. The highest BCUT2D eigenvalue weighted by atomic mass is 16.5. The van der Waals surface area contributed by atoms with Gasteiger partial charge in [-0.3, -0.25) is 9.69 Å². The first-order valence-electron chi connectivity index (χ1n) is 7.66. The van der Waals surface area contributed by atoms with E-state index in [-0.39, 0.29) is 23.2 Å². The molecule has 1 atom stereocenters. The molecular formula is C16H31NO2. The quantitative estimate of drug-likeness (QED) is 0.712. The summed E-state index contributed by atoms with van der Waals surface area (Å²) < 4.78 is 5.50. The highest BCUT2D eigenvalue weighted by molar-refractivity contribution is 5.69. The zero-order chi connectivity index (χ0) is 14.7. The molecule has 1 unspecified atom stereocenters. The summed E-state index contributed by atoms with van der Waals surface area (Å²) in [6, 6.07) is 0. The Kier molecular flexibility index (Phi) is 5.43. The summed E-state index contributed by atoms with van der Waals surface area (Å²) in [5, 5.41) is 0. The van der Waals surface area contributed by atoms with E-state index in [4.69, 9.17) is 4.74 Å². The average molecular weight is 269 g/mol. The van der Waals surface area contributed by atoms with Crippen LogP contribution in [0.3, 0.4) is 0 Å². The lowest BCUT2D eigenvalue weighted by atomic mass is 9.79. The van der Waals surface area contributed by atoms with Gasteiger partial charge in [-0.2, -0.15) is 0 Å². The van der Waals surface area contributed by atoms with Gasteiger partial charge in [0.15, 0.2) is 0 Å². The van der Waals surface area contributed by atoms with E-state index in [1.54, 1.807) is 0 Å². The number of piperidine rings is 1. The van der Waals surface area contributed by atoms with E-state index in [0.29, 0.717) is 6.42 Å². The molecule has 3 heteroatoms. The Morgan fingerprint density at radius 2 is 1.74 bits per heavy atom. The second-order valence-electron chi connectivity index (χ2n) is 7.14. The van der Waals surface area contributed by atoms with Gasteiger partial charge >= 0.3 is 5.97 Å². The SMILES string of the molecule is CCCC(=O)OC(C)CN1C(C)(C)CCCC1(C)C. The van der Waals surface area contributed by atoms with Crippen LogP contribution < -0.4 is 0 Å². The zero-order valence-electron chi connectivity index (χ0n) is 13.6. The third kappa shape index (κ3) is 4.48. The number of carbonyl (C=O) groups excluding carboxylic acids is 1. The van der Waals surface area contributed by atoms with Crippen molar-refractivity contribution in [1.82, 2.24) is 4.90 Å². The van der Waals surface area contributed by atoms with Crippen LogP contribution in [-0.4, -0.2) is 34.6 Å². The van der Waals surface area contributed by atoms with Crippen molar-refractivity contribution < 1.29 is 9.53 Å². The van der Waals surface area contributed by atoms with Crippen molar-refractivity contribution in [2.45, 2.75) is 90.8 Å². The summed E-state index contributed by atoms with van der Waals surface area (Å²) in [6.07, 6.45) is 5.05. The lowest BCUT2D eigenvalue weighted by Crippen LogP contribution is -2.60. The first-order valence-corrected chi connectivity index (χ1v) is 7.66. The molecule has 0 radical (unpaired) electrons. The Bertz CT molecular complexity index is 294. The van der Waals surface area contributed by atoms with Gasteiger partial charge in [0.05, 0.1) is 0 Å². The van der Waals surface area contributed by atoms with Gasteiger partial charge in [-0.25, -0.2) is 0 Å². The van der Waals surface area contributed by atoms with Crippen LogP contribution in [0.4, 0.5) is 0 Å². The van der Waals surface area contributed by atoms with E-state index in [0.717, 1.165) is 13.0 Å². The Morgan fingerprint density at radius 3 is 2.21 bits per heavy atom. The zero-order valence-corrected chi connectivity index (χ0v) is 13.6. The summed E-state index contributed by atoms with van der Waals surface area (Å²) in [5.74, 6) is -0.0670. The van der Waals surface area contributed by atoms with Gasteiger partial charge in [-0.1, -0.05) is 6.92 Å². The standard InChI is InChI=1S/C16H31NO2/c1-7-9-14(18)19-13(2)12-17-15(3,4)10-8-11-16(17,5)6/h13H,7-12H2,1-6H3. The number of likely N-dealkylation sites (tertiary alicyclic amines) is 1. The van der Waals surface area contributed by atoms with E-state index >= 15 is 0 Å². The van der Waals surface area contributed by atoms with Crippen molar-refractivity contribution in [3.05, 3.63) is 0 Å². The normalized spacial score (nSPS) is 23.9. The molecule has 0 aromatic heterocycles. The van der Waals surface area contributed by atoms with Crippen molar-refractivity contribution in [1.29, 1.82) is 0 Å². The third-order valence-corrected chi connectivity index (χ3v) is 4.26. The maximum absolute atomic E-state index is 11.6. The molecule has 1 rings (SSSR count). The van der Waals surface area contributed by atoms with E-state index in [1.807, 2.05) is 13.8 Å². The summed E-state index contributed by atoms with van der Waals surface area (Å²) in [4.78, 5) is 14.1. The molecule has 1 heterocycles. The largest absolute Gasteiger partial charge is 0.461 e. The van der Waals surface area contributed by atoms with Gasteiger partial charge in [0.1, 0.15) is 6.10 Å². The molecule has 0 aliphatic carbocycles. The van der Waals surface area contributed by atoms with Crippen molar-refractivity contribution in [3.8, 4) is 0 Å². The van der Waals surface area contributed by atoms with Crippen molar-refractivity contribution >= 4 is 5.97 Å². The maximum atomic E-state index is 11.6. The monoisotopic (exact) mass is 269 g/mol. The first kappa shape index (κ1) is 16.5. The molecule has 3 nitrogen and oxygen atoms in total. The summed E-state index contributed by atoms with van der Waals surface area (Å²) in [5.41, 5.74) is 0.375. The fourth-order valence-corrected chi connectivity index (χ4v) is 3.32. The van der Waals surface area contributed by atoms with Gasteiger partial charge in [0.2, 0.25) is 0 Å². The maximum Gasteiger partial charge on any atom is 0.306 e. The Hall–Kier alpha value is -0.570. The number of hydrogen-bond acceptors (Lipinski definition) is 3. The molecule has 0 N–H and O–H groups in total. The molecule has 0 bridgehead atoms. The average Bonchev–Trinajstić information content (AvgIpc) is 2.23. The fourth-order valence-electron chi connectivity index (χ4n) is 3.32. The molecule has 0 aromatic rings. The molecular weight excluding hydrogens is 238 g/mol. The third-order valence-electron chi connectivity index (χ3n) is 4.26. The van der Waals surface area contributed by atoms with E-state index in [9.17, 15) is 4.79 Å². The van der Waals surface area contributed by atoms with Gasteiger partial charge < -0.3 is 4.74 Å². The lowest BCUT2D eigenvalue weighted by Gasteiger charge is -2.53. The number of carbonyl (C=O) groups is 1. The van der Waals surface area contributed by atoms with Crippen LogP contribution in [0.2, 0.25) is 0 Å². The molecule has 0 spiro atoms. The van der Waals surface area contributed by atoms with Gasteiger partial charge in [-0.15, -0.1) is 0 Å². The van der Waals surface area contributed by atoms with Gasteiger partial charge in [0.25, 0.3) is 0 Å². The smallest absolute Gasteiger partial charge is 0.306 e. The summed E-state index contributed by atoms with van der Waals surface area (Å²) in [6.45, 7) is 14.0. The predicted octanol–water partition coefficient (Wildman–Crippen LogP) is 3.76. The Morgan fingerprint density at radius 1 is 1.21 bits per heavy atom. The number of esters is 1. The molecule has 1 fully saturated rings. The highest BCUT2D eigenvalue weighted by Crippen LogP contribution is 2.38.